The van der Waals surface area contributed by atoms with Crippen LogP contribution in [-0.2, 0) is 19.2 Å². The van der Waals surface area contributed by atoms with Crippen LogP contribution in [0.15, 0.2) is 0 Å². The second kappa shape index (κ2) is 7.47. The molecule has 0 spiro atoms. The van der Waals surface area contributed by atoms with E-state index in [1.165, 1.54) is 14.0 Å². The fraction of sp³-hybridized carbons (Fsp3) is 0.625. The molecule has 0 aromatic heterocycles. The largest absolute Gasteiger partial charge is 0.479 e. The number of thiocarbonyl (C=S) groups is 1. The van der Waals surface area contributed by atoms with Gasteiger partial charge in [-0.3, -0.25) is 9.59 Å². The number of hydrogen-bond acceptors (Lipinski definition) is 6. The van der Waals surface area contributed by atoms with Crippen LogP contribution in [0.2, 0.25) is 0 Å². The van der Waals surface area contributed by atoms with E-state index >= 15 is 0 Å². The molecule has 0 atom stereocenters. The fourth-order valence-electron chi connectivity index (χ4n) is 0.615. The number of ether oxygens (including phenoxy) is 1. The number of thioether (sulfide) groups is 1. The van der Waals surface area contributed by atoms with E-state index in [-0.39, 0.29) is 11.7 Å². The number of carbonyl (C=O) groups excluding carboxylic acids is 2. The molecule has 1 amide bonds. The van der Waals surface area contributed by atoms with Crippen LogP contribution in [0, 0.1) is 0 Å². The minimum Gasteiger partial charge on any atom is -0.479 e. The maximum absolute atomic E-state index is 11.3. The summed E-state index contributed by atoms with van der Waals surface area (Å²) < 4.78 is 5.28. The lowest BCUT2D eigenvalue weighted by Crippen LogP contribution is -2.30. The molecule has 0 aliphatic carbocycles. The molecule has 0 rings (SSSR count). The van der Waals surface area contributed by atoms with Gasteiger partial charge in [0.1, 0.15) is 0 Å². The fourth-order valence-corrected chi connectivity index (χ4v) is 1.53. The topological polar surface area (TPSA) is 55.8 Å². The SMILES string of the molecule is CCOC(=S)SCC(=O)N(C)OC(C)=O. The molecule has 0 N–H and O–H groups in total. The summed E-state index contributed by atoms with van der Waals surface area (Å²) in [6.45, 7) is 3.50. The van der Waals surface area contributed by atoms with Gasteiger partial charge < -0.3 is 9.57 Å². The minimum absolute atomic E-state index is 0.0859. The zero-order valence-electron chi connectivity index (χ0n) is 8.81. The Bertz CT molecular complexity index is 257. The maximum atomic E-state index is 11.3. The van der Waals surface area contributed by atoms with Gasteiger partial charge in [-0.05, 0) is 19.1 Å². The number of carbonyl (C=O) groups is 2. The van der Waals surface area contributed by atoms with Crippen LogP contribution in [0.4, 0.5) is 0 Å². The van der Waals surface area contributed by atoms with Gasteiger partial charge in [0.15, 0.2) is 0 Å². The summed E-state index contributed by atoms with van der Waals surface area (Å²) >= 11 is 5.90. The van der Waals surface area contributed by atoms with Crippen LogP contribution in [0.3, 0.4) is 0 Å². The van der Waals surface area contributed by atoms with Crippen molar-refractivity contribution in [2.24, 2.45) is 0 Å². The summed E-state index contributed by atoms with van der Waals surface area (Å²) in [5.41, 5.74) is 0. The Morgan fingerprint density at radius 2 is 2.07 bits per heavy atom. The van der Waals surface area contributed by atoms with E-state index in [0.29, 0.717) is 11.0 Å². The number of nitrogens with zero attached hydrogens (tertiary/aromatic N) is 1. The zero-order valence-corrected chi connectivity index (χ0v) is 10.4. The predicted octanol–water partition coefficient (Wildman–Crippen LogP) is 0.978. The second-order valence-corrected chi connectivity index (χ2v) is 4.02. The van der Waals surface area contributed by atoms with Gasteiger partial charge in [-0.15, -0.1) is 0 Å². The van der Waals surface area contributed by atoms with Crippen molar-refractivity contribution in [3.63, 3.8) is 0 Å². The average Bonchev–Trinajstić information content (AvgIpc) is 2.13. The summed E-state index contributed by atoms with van der Waals surface area (Å²) in [4.78, 5) is 26.4. The third-order valence-corrected chi connectivity index (χ3v) is 2.41. The number of hydrogen-bond donors (Lipinski definition) is 0. The highest BCUT2D eigenvalue weighted by Crippen LogP contribution is 2.07. The molecule has 0 unspecified atom stereocenters. The molecular weight excluding hydrogens is 238 g/mol. The number of hydroxylamine groups is 2. The molecule has 0 aromatic carbocycles. The molecular formula is C8H13NO4S2. The monoisotopic (exact) mass is 251 g/mol. The van der Waals surface area contributed by atoms with Crippen molar-refractivity contribution in [3.8, 4) is 0 Å². The van der Waals surface area contributed by atoms with E-state index in [4.69, 9.17) is 17.0 Å². The van der Waals surface area contributed by atoms with E-state index in [0.717, 1.165) is 16.8 Å². The van der Waals surface area contributed by atoms with E-state index in [1.807, 2.05) is 0 Å². The van der Waals surface area contributed by atoms with Crippen LogP contribution >= 0.6 is 24.0 Å². The molecule has 0 aromatic rings. The number of rotatable bonds is 3. The van der Waals surface area contributed by atoms with Crippen molar-refractivity contribution >= 4 is 40.2 Å². The van der Waals surface area contributed by atoms with Crippen LogP contribution in [0.1, 0.15) is 13.8 Å². The summed E-state index contributed by atoms with van der Waals surface area (Å²) in [6.07, 6.45) is 0. The first-order chi connectivity index (χ1) is 6.97. The summed E-state index contributed by atoms with van der Waals surface area (Å²) in [5, 5.41) is 0.879. The molecule has 0 aliphatic heterocycles. The van der Waals surface area contributed by atoms with Crippen molar-refractivity contribution in [1.82, 2.24) is 5.06 Å². The molecule has 0 aliphatic rings. The minimum atomic E-state index is -0.539. The Balaban J connectivity index is 3.82. The van der Waals surface area contributed by atoms with E-state index < -0.39 is 5.97 Å². The summed E-state index contributed by atoms with van der Waals surface area (Å²) in [6, 6.07) is 0. The third-order valence-electron chi connectivity index (χ3n) is 1.19. The first kappa shape index (κ1) is 14.2. The molecule has 0 bridgehead atoms. The van der Waals surface area contributed by atoms with Crippen LogP contribution in [-0.4, -0.2) is 40.7 Å². The molecule has 7 heteroatoms. The van der Waals surface area contributed by atoms with Gasteiger partial charge in [0.2, 0.25) is 4.38 Å². The van der Waals surface area contributed by atoms with Gasteiger partial charge in [-0.1, -0.05) is 11.8 Å². The molecule has 0 saturated heterocycles. The standard InChI is InChI=1S/C8H13NO4S2/c1-4-12-8(14)15-5-7(11)9(3)13-6(2)10/h4-5H2,1-3H3. The highest BCUT2D eigenvalue weighted by molar-refractivity contribution is 8.23. The molecule has 0 heterocycles. The lowest BCUT2D eigenvalue weighted by atomic mass is 10.7. The second-order valence-electron chi connectivity index (χ2n) is 2.45. The molecule has 0 fully saturated rings. The summed E-state index contributed by atoms with van der Waals surface area (Å²) in [7, 11) is 1.37. The quantitative estimate of drug-likeness (QED) is 0.550. The van der Waals surface area contributed by atoms with E-state index in [9.17, 15) is 9.59 Å². The maximum Gasteiger partial charge on any atom is 0.329 e. The molecule has 0 saturated carbocycles. The van der Waals surface area contributed by atoms with Crippen molar-refractivity contribution in [1.29, 1.82) is 0 Å². The first-order valence-electron chi connectivity index (χ1n) is 4.22. The molecule has 5 nitrogen and oxygen atoms in total. The Hall–Kier alpha value is -0.820. The van der Waals surface area contributed by atoms with Gasteiger partial charge >= 0.3 is 5.97 Å². The van der Waals surface area contributed by atoms with E-state index in [2.05, 4.69) is 4.84 Å². The summed E-state index contributed by atoms with van der Waals surface area (Å²) in [5.74, 6) is -0.803. The van der Waals surface area contributed by atoms with Gasteiger partial charge in [-0.2, -0.15) is 5.06 Å². The van der Waals surface area contributed by atoms with Crippen LogP contribution in [0.5, 0.6) is 0 Å². The van der Waals surface area contributed by atoms with Crippen molar-refractivity contribution in [3.05, 3.63) is 0 Å². The predicted molar refractivity (Wildman–Crippen MR) is 61.2 cm³/mol. The third kappa shape index (κ3) is 7.15. The highest BCUT2D eigenvalue weighted by atomic mass is 32.2. The lowest BCUT2D eigenvalue weighted by Gasteiger charge is -2.14. The van der Waals surface area contributed by atoms with Gasteiger partial charge in [0, 0.05) is 14.0 Å². The Morgan fingerprint density at radius 1 is 1.47 bits per heavy atom. The Kier molecular flexibility index (Phi) is 7.06. The van der Waals surface area contributed by atoms with Crippen molar-refractivity contribution in [2.75, 3.05) is 19.4 Å². The van der Waals surface area contributed by atoms with Crippen LogP contribution in [0.25, 0.3) is 0 Å². The van der Waals surface area contributed by atoms with Crippen molar-refractivity contribution < 1.29 is 19.2 Å². The number of amides is 1. The normalized spacial score (nSPS) is 9.27. The highest BCUT2D eigenvalue weighted by Gasteiger charge is 2.13. The van der Waals surface area contributed by atoms with Gasteiger partial charge in [0.25, 0.3) is 5.91 Å². The lowest BCUT2D eigenvalue weighted by molar-refractivity contribution is -0.188. The first-order valence-corrected chi connectivity index (χ1v) is 5.61. The molecule has 15 heavy (non-hydrogen) atoms. The molecule has 86 valence electrons. The zero-order chi connectivity index (χ0) is 11.8. The Morgan fingerprint density at radius 3 is 2.53 bits per heavy atom. The smallest absolute Gasteiger partial charge is 0.329 e. The van der Waals surface area contributed by atoms with Gasteiger partial charge in [0.05, 0.1) is 12.4 Å². The Labute approximate surface area is 98.0 Å². The van der Waals surface area contributed by atoms with E-state index in [1.54, 1.807) is 6.92 Å². The van der Waals surface area contributed by atoms with Gasteiger partial charge in [-0.25, -0.2) is 0 Å². The van der Waals surface area contributed by atoms with Crippen molar-refractivity contribution in [2.45, 2.75) is 13.8 Å². The molecule has 0 radical (unpaired) electrons. The van der Waals surface area contributed by atoms with Crippen LogP contribution < -0.4 is 0 Å². The average molecular weight is 251 g/mol.